The number of hydrogen-bond acceptors (Lipinski definition) is 4. The fraction of sp³-hybridized carbons (Fsp3) is 0.235. The lowest BCUT2D eigenvalue weighted by molar-refractivity contribution is 0.413. The first-order valence-electron chi connectivity index (χ1n) is 6.73. The van der Waals surface area contributed by atoms with Crippen molar-refractivity contribution in [3.05, 3.63) is 59.2 Å². The fourth-order valence-corrected chi connectivity index (χ4v) is 2.14. The van der Waals surface area contributed by atoms with E-state index in [1.807, 2.05) is 31.2 Å². The van der Waals surface area contributed by atoms with Crippen LogP contribution in [0.25, 0.3) is 0 Å². The van der Waals surface area contributed by atoms with Crippen molar-refractivity contribution in [3.8, 4) is 17.6 Å². The minimum atomic E-state index is 0.102. The summed E-state index contributed by atoms with van der Waals surface area (Å²) in [6, 6.07) is 15.0. The van der Waals surface area contributed by atoms with Crippen molar-refractivity contribution in [2.45, 2.75) is 19.5 Å². The van der Waals surface area contributed by atoms with Crippen molar-refractivity contribution >= 4 is 0 Å². The monoisotopic (exact) mass is 282 g/mol. The van der Waals surface area contributed by atoms with E-state index in [2.05, 4.69) is 11.4 Å². The Kier molecular flexibility index (Phi) is 4.81. The Morgan fingerprint density at radius 3 is 2.76 bits per heavy atom. The van der Waals surface area contributed by atoms with Gasteiger partial charge in [-0.05, 0) is 42.3 Å². The molecule has 0 aliphatic carbocycles. The van der Waals surface area contributed by atoms with Crippen LogP contribution < -0.4 is 10.1 Å². The van der Waals surface area contributed by atoms with Gasteiger partial charge >= 0.3 is 0 Å². The molecule has 2 N–H and O–H groups in total. The molecule has 1 unspecified atom stereocenters. The Morgan fingerprint density at radius 2 is 2.10 bits per heavy atom. The summed E-state index contributed by atoms with van der Waals surface area (Å²) in [5.41, 5.74) is 2.56. The number of ether oxygens (including phenoxy) is 1. The van der Waals surface area contributed by atoms with Crippen LogP contribution in [0.1, 0.15) is 29.7 Å². The maximum Gasteiger partial charge on any atom is 0.136 e. The first-order chi connectivity index (χ1) is 10.1. The zero-order chi connectivity index (χ0) is 15.2. The Morgan fingerprint density at radius 1 is 1.29 bits per heavy atom. The van der Waals surface area contributed by atoms with Crippen LogP contribution in [0.15, 0.2) is 42.5 Å². The number of nitrogens with zero attached hydrogens (tertiary/aromatic N) is 1. The van der Waals surface area contributed by atoms with Crippen LogP contribution in [0.2, 0.25) is 0 Å². The molecule has 4 heteroatoms. The Hall–Kier alpha value is -2.51. The third-order valence-corrected chi connectivity index (χ3v) is 3.37. The van der Waals surface area contributed by atoms with E-state index in [1.54, 1.807) is 25.3 Å². The van der Waals surface area contributed by atoms with Crippen molar-refractivity contribution in [2.75, 3.05) is 7.11 Å². The molecule has 0 aliphatic heterocycles. The number of phenolic OH excluding ortho intramolecular Hbond substituents is 1. The van der Waals surface area contributed by atoms with Crippen molar-refractivity contribution in [2.24, 2.45) is 0 Å². The highest BCUT2D eigenvalue weighted by Gasteiger charge is 2.07. The standard InChI is InChI=1S/C17H18N2O2/c1-12(14-4-3-5-16(20)9-14)19-11-13-6-7-17(21-2)15(8-13)10-18/h3-9,12,19-20H,11H2,1-2H3. The maximum atomic E-state index is 9.50. The van der Waals surface area contributed by atoms with Gasteiger partial charge in [-0.15, -0.1) is 0 Å². The van der Waals surface area contributed by atoms with Gasteiger partial charge in [0.15, 0.2) is 0 Å². The van der Waals surface area contributed by atoms with Crippen LogP contribution in [0.3, 0.4) is 0 Å². The molecule has 0 bridgehead atoms. The first-order valence-corrected chi connectivity index (χ1v) is 6.73. The predicted octanol–water partition coefficient (Wildman–Crippen LogP) is 3.12. The van der Waals surface area contributed by atoms with Gasteiger partial charge in [0, 0.05) is 12.6 Å². The largest absolute Gasteiger partial charge is 0.508 e. The van der Waals surface area contributed by atoms with E-state index in [4.69, 9.17) is 10.00 Å². The molecule has 0 radical (unpaired) electrons. The molecule has 0 aromatic heterocycles. The van der Waals surface area contributed by atoms with Gasteiger partial charge in [0.1, 0.15) is 17.6 Å². The summed E-state index contributed by atoms with van der Waals surface area (Å²) in [5, 5.41) is 21.9. The predicted molar refractivity (Wildman–Crippen MR) is 81.1 cm³/mol. The Balaban J connectivity index is 2.05. The highest BCUT2D eigenvalue weighted by atomic mass is 16.5. The smallest absolute Gasteiger partial charge is 0.136 e. The van der Waals surface area contributed by atoms with Crippen molar-refractivity contribution in [3.63, 3.8) is 0 Å². The fourth-order valence-electron chi connectivity index (χ4n) is 2.14. The van der Waals surface area contributed by atoms with Crippen molar-refractivity contribution in [1.82, 2.24) is 5.32 Å². The SMILES string of the molecule is COc1ccc(CNC(C)c2cccc(O)c2)cc1C#N. The van der Waals surface area contributed by atoms with Crippen molar-refractivity contribution in [1.29, 1.82) is 5.26 Å². The second kappa shape index (κ2) is 6.78. The molecule has 21 heavy (non-hydrogen) atoms. The normalized spacial score (nSPS) is 11.7. The molecular weight excluding hydrogens is 264 g/mol. The molecule has 0 fully saturated rings. The summed E-state index contributed by atoms with van der Waals surface area (Å²) in [7, 11) is 1.55. The number of methoxy groups -OCH3 is 1. The zero-order valence-electron chi connectivity index (χ0n) is 12.1. The summed E-state index contributed by atoms with van der Waals surface area (Å²) in [5.74, 6) is 0.847. The molecule has 2 aromatic carbocycles. The van der Waals surface area contributed by atoms with Gasteiger partial charge in [-0.1, -0.05) is 18.2 Å². The molecule has 108 valence electrons. The van der Waals surface area contributed by atoms with Gasteiger partial charge in [0.2, 0.25) is 0 Å². The number of aromatic hydroxyl groups is 1. The van der Waals surface area contributed by atoms with E-state index in [0.29, 0.717) is 17.9 Å². The molecule has 0 spiro atoms. The maximum absolute atomic E-state index is 9.50. The molecule has 0 saturated heterocycles. The van der Waals surface area contributed by atoms with E-state index < -0.39 is 0 Å². The lowest BCUT2D eigenvalue weighted by atomic mass is 10.1. The number of rotatable bonds is 5. The minimum Gasteiger partial charge on any atom is -0.508 e. The third-order valence-electron chi connectivity index (χ3n) is 3.37. The van der Waals surface area contributed by atoms with Crippen LogP contribution in [0.5, 0.6) is 11.5 Å². The van der Waals surface area contributed by atoms with Crippen LogP contribution in [-0.2, 0) is 6.54 Å². The molecule has 0 amide bonds. The topological polar surface area (TPSA) is 65.3 Å². The second-order valence-corrected chi connectivity index (χ2v) is 4.84. The zero-order valence-corrected chi connectivity index (χ0v) is 12.1. The van der Waals surface area contributed by atoms with Gasteiger partial charge in [-0.25, -0.2) is 0 Å². The number of benzene rings is 2. The van der Waals surface area contributed by atoms with Gasteiger partial charge in [-0.2, -0.15) is 5.26 Å². The molecule has 2 aromatic rings. The minimum absolute atomic E-state index is 0.102. The summed E-state index contributed by atoms with van der Waals surface area (Å²) < 4.78 is 5.13. The number of hydrogen-bond donors (Lipinski definition) is 2. The first kappa shape index (κ1) is 14.9. The second-order valence-electron chi connectivity index (χ2n) is 4.84. The summed E-state index contributed by atoms with van der Waals surface area (Å²) in [6.07, 6.45) is 0. The van der Waals surface area contributed by atoms with E-state index in [0.717, 1.165) is 11.1 Å². The molecule has 4 nitrogen and oxygen atoms in total. The lowest BCUT2D eigenvalue weighted by Gasteiger charge is -2.15. The molecule has 0 heterocycles. The highest BCUT2D eigenvalue weighted by Crippen LogP contribution is 2.21. The quantitative estimate of drug-likeness (QED) is 0.884. The molecule has 1 atom stereocenters. The lowest BCUT2D eigenvalue weighted by Crippen LogP contribution is -2.18. The molecule has 2 rings (SSSR count). The summed E-state index contributed by atoms with van der Waals surface area (Å²) in [6.45, 7) is 2.67. The molecular formula is C17H18N2O2. The van der Waals surface area contributed by atoms with Crippen LogP contribution in [-0.4, -0.2) is 12.2 Å². The van der Waals surface area contributed by atoms with Gasteiger partial charge < -0.3 is 15.2 Å². The molecule has 0 aliphatic rings. The number of nitrogens with one attached hydrogen (secondary N) is 1. The van der Waals surface area contributed by atoms with Crippen LogP contribution in [0, 0.1) is 11.3 Å². The Bertz CT molecular complexity index is 662. The number of nitriles is 1. The van der Waals surface area contributed by atoms with E-state index in [9.17, 15) is 5.11 Å². The summed E-state index contributed by atoms with van der Waals surface area (Å²) >= 11 is 0. The van der Waals surface area contributed by atoms with Gasteiger partial charge in [-0.3, -0.25) is 0 Å². The highest BCUT2D eigenvalue weighted by molar-refractivity contribution is 5.45. The average molecular weight is 282 g/mol. The Labute approximate surface area is 124 Å². The summed E-state index contributed by atoms with van der Waals surface area (Å²) in [4.78, 5) is 0. The van der Waals surface area contributed by atoms with E-state index in [-0.39, 0.29) is 11.8 Å². The third kappa shape index (κ3) is 3.74. The molecule has 0 saturated carbocycles. The number of phenols is 1. The van der Waals surface area contributed by atoms with Crippen molar-refractivity contribution < 1.29 is 9.84 Å². The van der Waals surface area contributed by atoms with Gasteiger partial charge in [0.05, 0.1) is 12.7 Å². The average Bonchev–Trinajstić information content (AvgIpc) is 2.52. The van der Waals surface area contributed by atoms with E-state index in [1.165, 1.54) is 0 Å². The van der Waals surface area contributed by atoms with Crippen LogP contribution >= 0.6 is 0 Å². The van der Waals surface area contributed by atoms with Crippen LogP contribution in [0.4, 0.5) is 0 Å². The van der Waals surface area contributed by atoms with Gasteiger partial charge in [0.25, 0.3) is 0 Å². The van der Waals surface area contributed by atoms with E-state index >= 15 is 0 Å².